The van der Waals surface area contributed by atoms with E-state index in [0.29, 0.717) is 37.4 Å². The van der Waals surface area contributed by atoms with Gasteiger partial charge in [-0.15, -0.1) is 6.42 Å². The predicted octanol–water partition coefficient (Wildman–Crippen LogP) is 2.23. The van der Waals surface area contributed by atoms with Crippen molar-refractivity contribution in [1.29, 1.82) is 0 Å². The van der Waals surface area contributed by atoms with Crippen molar-refractivity contribution >= 4 is 23.0 Å². The molecule has 0 unspecified atom stereocenters. The average Bonchev–Trinajstić information content (AvgIpc) is 2.67. The third-order valence-corrected chi connectivity index (χ3v) is 4.17. The van der Waals surface area contributed by atoms with Gasteiger partial charge < -0.3 is 9.64 Å². The molecular weight excluding hydrogens is 314 g/mol. The molecule has 0 N–H and O–H groups in total. The highest BCUT2D eigenvalue weighted by atomic mass is 16.5. The second kappa shape index (κ2) is 7.66. The zero-order valence-corrected chi connectivity index (χ0v) is 13.7. The van der Waals surface area contributed by atoms with Gasteiger partial charge in [0.15, 0.2) is 6.29 Å². The number of carbonyl (C=O) groups excluding carboxylic acids is 2. The Morgan fingerprint density at radius 1 is 1.24 bits per heavy atom. The Labute approximate surface area is 146 Å². The van der Waals surface area contributed by atoms with Crippen LogP contribution in [-0.4, -0.2) is 43.4 Å². The van der Waals surface area contributed by atoms with Crippen LogP contribution >= 0.6 is 0 Å². The Balaban J connectivity index is 1.78. The Bertz CT molecular complexity index is 922. The number of aldehydes is 1. The Kier molecular flexibility index (Phi) is 5.14. The van der Waals surface area contributed by atoms with Crippen LogP contribution in [0.1, 0.15) is 27.9 Å². The van der Waals surface area contributed by atoms with E-state index in [1.807, 2.05) is 24.3 Å². The van der Waals surface area contributed by atoms with E-state index in [0.717, 1.165) is 22.6 Å². The number of rotatable bonds is 2. The Morgan fingerprint density at radius 3 is 2.76 bits per heavy atom. The number of terminal acetylenes is 1. The zero-order chi connectivity index (χ0) is 17.6. The molecule has 1 aliphatic rings. The number of carbonyl (C=O) groups is 2. The summed E-state index contributed by atoms with van der Waals surface area (Å²) in [7, 11) is 0. The van der Waals surface area contributed by atoms with Crippen LogP contribution in [-0.2, 0) is 9.53 Å². The van der Waals surface area contributed by atoms with E-state index < -0.39 is 0 Å². The Hall–Kier alpha value is -3.08. The van der Waals surface area contributed by atoms with Gasteiger partial charge in [-0.05, 0) is 29.0 Å². The predicted molar refractivity (Wildman–Crippen MR) is 96.2 cm³/mol. The molecule has 4 heteroatoms. The van der Waals surface area contributed by atoms with E-state index in [2.05, 4.69) is 17.8 Å². The van der Waals surface area contributed by atoms with Crippen LogP contribution in [0.4, 0.5) is 0 Å². The number of hydrogen-bond donors (Lipinski definition) is 0. The zero-order valence-electron chi connectivity index (χ0n) is 13.7. The molecule has 4 nitrogen and oxygen atoms in total. The highest BCUT2D eigenvalue weighted by molar-refractivity contribution is 6.01. The number of hydrogen-bond acceptors (Lipinski definition) is 3. The molecule has 1 amide bonds. The van der Waals surface area contributed by atoms with Crippen molar-refractivity contribution in [2.45, 2.75) is 6.42 Å². The summed E-state index contributed by atoms with van der Waals surface area (Å²) in [6.45, 7) is 2.43. The molecule has 0 atom stereocenters. The maximum absolute atomic E-state index is 12.1. The summed E-state index contributed by atoms with van der Waals surface area (Å²) < 4.78 is 5.23. The lowest BCUT2D eigenvalue weighted by Crippen LogP contribution is -2.40. The SMILES string of the molecule is C#Cc1ccc2cc(C#CCC(=O)N3CCOCC3)ccc2c1C=O. The molecule has 1 fully saturated rings. The molecule has 0 spiro atoms. The lowest BCUT2D eigenvalue weighted by molar-refractivity contribution is -0.134. The summed E-state index contributed by atoms with van der Waals surface area (Å²) >= 11 is 0. The van der Waals surface area contributed by atoms with Gasteiger partial charge in [-0.1, -0.05) is 29.9 Å². The molecule has 0 aromatic heterocycles. The van der Waals surface area contributed by atoms with Crippen molar-refractivity contribution in [3.05, 3.63) is 47.0 Å². The molecule has 124 valence electrons. The average molecular weight is 331 g/mol. The van der Waals surface area contributed by atoms with Gasteiger partial charge in [0, 0.05) is 29.8 Å². The quantitative estimate of drug-likeness (QED) is 0.626. The van der Waals surface area contributed by atoms with E-state index in [1.165, 1.54) is 0 Å². The van der Waals surface area contributed by atoms with Crippen LogP contribution in [0.25, 0.3) is 10.8 Å². The first-order chi connectivity index (χ1) is 12.2. The lowest BCUT2D eigenvalue weighted by Gasteiger charge is -2.26. The topological polar surface area (TPSA) is 46.6 Å². The monoisotopic (exact) mass is 331 g/mol. The largest absolute Gasteiger partial charge is 0.378 e. The van der Waals surface area contributed by atoms with Crippen molar-refractivity contribution in [2.24, 2.45) is 0 Å². The fraction of sp³-hybridized carbons (Fsp3) is 0.238. The number of benzene rings is 2. The van der Waals surface area contributed by atoms with Gasteiger partial charge in [0.25, 0.3) is 0 Å². The second-order valence-corrected chi connectivity index (χ2v) is 5.70. The fourth-order valence-electron chi connectivity index (χ4n) is 2.83. The standard InChI is InChI=1S/C21H17NO3/c1-2-17-7-8-18-14-16(6-9-19(18)20(17)15-23)4-3-5-21(24)22-10-12-25-13-11-22/h1,6-9,14-15H,5,10-13H2. The van der Waals surface area contributed by atoms with Crippen LogP contribution in [0.5, 0.6) is 0 Å². The van der Waals surface area contributed by atoms with Crippen LogP contribution in [0, 0.1) is 24.2 Å². The lowest BCUT2D eigenvalue weighted by atomic mass is 9.98. The summed E-state index contributed by atoms with van der Waals surface area (Å²) in [6.07, 6.45) is 6.40. The number of morpholine rings is 1. The van der Waals surface area contributed by atoms with E-state index in [-0.39, 0.29) is 12.3 Å². The third kappa shape index (κ3) is 3.71. The van der Waals surface area contributed by atoms with Gasteiger partial charge in [-0.2, -0.15) is 0 Å². The highest BCUT2D eigenvalue weighted by Gasteiger charge is 2.15. The molecule has 1 saturated heterocycles. The third-order valence-electron chi connectivity index (χ3n) is 4.17. The fourth-order valence-corrected chi connectivity index (χ4v) is 2.83. The maximum atomic E-state index is 12.1. The molecular formula is C21H17NO3. The second-order valence-electron chi connectivity index (χ2n) is 5.70. The van der Waals surface area contributed by atoms with Crippen molar-refractivity contribution in [3.63, 3.8) is 0 Å². The van der Waals surface area contributed by atoms with Gasteiger partial charge in [0.2, 0.25) is 5.91 Å². The number of fused-ring (bicyclic) bond motifs is 1. The molecule has 0 saturated carbocycles. The van der Waals surface area contributed by atoms with E-state index >= 15 is 0 Å². The molecule has 0 radical (unpaired) electrons. The van der Waals surface area contributed by atoms with Crippen LogP contribution in [0.15, 0.2) is 30.3 Å². The van der Waals surface area contributed by atoms with Crippen molar-refractivity contribution < 1.29 is 14.3 Å². The van der Waals surface area contributed by atoms with Crippen molar-refractivity contribution in [1.82, 2.24) is 4.90 Å². The van der Waals surface area contributed by atoms with E-state index in [1.54, 1.807) is 11.0 Å². The molecule has 0 aliphatic carbocycles. The van der Waals surface area contributed by atoms with Gasteiger partial charge in [0.05, 0.1) is 19.6 Å². The van der Waals surface area contributed by atoms with Gasteiger partial charge in [0.1, 0.15) is 0 Å². The first-order valence-electron chi connectivity index (χ1n) is 8.06. The van der Waals surface area contributed by atoms with Crippen LogP contribution in [0.2, 0.25) is 0 Å². The molecule has 3 rings (SSSR count). The van der Waals surface area contributed by atoms with Crippen molar-refractivity contribution in [3.8, 4) is 24.2 Å². The summed E-state index contributed by atoms with van der Waals surface area (Å²) in [4.78, 5) is 25.1. The number of nitrogens with zero attached hydrogens (tertiary/aromatic N) is 1. The molecule has 0 bridgehead atoms. The smallest absolute Gasteiger partial charge is 0.234 e. The minimum Gasteiger partial charge on any atom is -0.378 e. The molecule has 2 aromatic rings. The molecule has 1 heterocycles. The highest BCUT2D eigenvalue weighted by Crippen LogP contribution is 2.22. The first-order valence-corrected chi connectivity index (χ1v) is 8.06. The molecule has 25 heavy (non-hydrogen) atoms. The number of amides is 1. The summed E-state index contributed by atoms with van der Waals surface area (Å²) in [6, 6.07) is 9.21. The summed E-state index contributed by atoms with van der Waals surface area (Å²) in [5.74, 6) is 8.49. The summed E-state index contributed by atoms with van der Waals surface area (Å²) in [5, 5.41) is 1.70. The normalized spacial score (nSPS) is 13.6. The van der Waals surface area contributed by atoms with Crippen LogP contribution in [0.3, 0.4) is 0 Å². The number of ether oxygens (including phenoxy) is 1. The van der Waals surface area contributed by atoms with Gasteiger partial charge in [-0.3, -0.25) is 9.59 Å². The minimum absolute atomic E-state index is 0.0264. The van der Waals surface area contributed by atoms with E-state index in [9.17, 15) is 9.59 Å². The maximum Gasteiger partial charge on any atom is 0.234 e. The minimum atomic E-state index is 0.0264. The summed E-state index contributed by atoms with van der Waals surface area (Å²) in [5.41, 5.74) is 1.90. The molecule has 2 aromatic carbocycles. The van der Waals surface area contributed by atoms with Gasteiger partial charge in [-0.25, -0.2) is 0 Å². The van der Waals surface area contributed by atoms with E-state index in [4.69, 9.17) is 11.2 Å². The first kappa shape index (κ1) is 16.8. The molecule has 1 aliphatic heterocycles. The van der Waals surface area contributed by atoms with Crippen molar-refractivity contribution in [2.75, 3.05) is 26.3 Å². The van der Waals surface area contributed by atoms with Crippen LogP contribution < -0.4 is 0 Å². The van der Waals surface area contributed by atoms with Gasteiger partial charge >= 0.3 is 0 Å². The Morgan fingerprint density at radius 2 is 2.04 bits per heavy atom.